The first kappa shape index (κ1) is 10.1. The zero-order valence-electron chi connectivity index (χ0n) is 9.51. The van der Waals surface area contributed by atoms with Crippen LogP contribution in [0.3, 0.4) is 0 Å². The molecule has 0 saturated heterocycles. The van der Waals surface area contributed by atoms with Crippen molar-refractivity contribution >= 4 is 11.6 Å². The van der Waals surface area contributed by atoms with Crippen molar-refractivity contribution in [2.45, 2.75) is 13.3 Å². The normalized spacial score (nSPS) is 13.8. The van der Waals surface area contributed by atoms with E-state index in [9.17, 15) is 4.79 Å². The number of carbonyl (C=O) groups is 1. The number of rotatable bonds is 1. The third-order valence-corrected chi connectivity index (χ3v) is 3.11. The van der Waals surface area contributed by atoms with Crippen LogP contribution in [0.15, 0.2) is 35.1 Å². The molecule has 1 aromatic carbocycles. The Bertz CT molecular complexity index is 574. The highest BCUT2D eigenvalue weighted by molar-refractivity contribution is 6.07. The minimum atomic E-state index is -0.0336. The van der Waals surface area contributed by atoms with Gasteiger partial charge in [0.25, 0.3) is 5.91 Å². The van der Waals surface area contributed by atoms with Crippen molar-refractivity contribution < 1.29 is 9.32 Å². The van der Waals surface area contributed by atoms with Crippen LogP contribution in [0.5, 0.6) is 0 Å². The fourth-order valence-electron chi connectivity index (χ4n) is 2.19. The number of aromatic nitrogens is 1. The Hall–Kier alpha value is -2.10. The minimum Gasteiger partial charge on any atom is -0.364 e. The number of aryl methyl sites for hydroxylation is 1. The molecule has 17 heavy (non-hydrogen) atoms. The molecule has 0 saturated carbocycles. The number of benzene rings is 1. The molecule has 0 atom stereocenters. The lowest BCUT2D eigenvalue weighted by atomic mass is 10.2. The first-order valence-electron chi connectivity index (χ1n) is 5.58. The molecule has 4 heteroatoms. The molecule has 4 nitrogen and oxygen atoms in total. The van der Waals surface area contributed by atoms with Gasteiger partial charge in [-0.25, -0.2) is 0 Å². The van der Waals surface area contributed by atoms with Crippen LogP contribution in [0.25, 0.3) is 0 Å². The largest absolute Gasteiger partial charge is 0.364 e. The van der Waals surface area contributed by atoms with E-state index in [-0.39, 0.29) is 5.91 Å². The van der Waals surface area contributed by atoms with Gasteiger partial charge in [-0.05, 0) is 25.0 Å². The van der Waals surface area contributed by atoms with Gasteiger partial charge in [0, 0.05) is 12.2 Å². The van der Waals surface area contributed by atoms with Gasteiger partial charge in [-0.3, -0.25) is 4.79 Å². The second-order valence-corrected chi connectivity index (χ2v) is 4.15. The van der Waals surface area contributed by atoms with Gasteiger partial charge >= 0.3 is 0 Å². The Morgan fingerprint density at radius 2 is 2.24 bits per heavy atom. The summed E-state index contributed by atoms with van der Waals surface area (Å²) < 4.78 is 4.82. The molecule has 86 valence electrons. The van der Waals surface area contributed by atoms with Crippen LogP contribution >= 0.6 is 0 Å². The number of nitrogens with zero attached hydrogens (tertiary/aromatic N) is 2. The third-order valence-electron chi connectivity index (χ3n) is 3.11. The molecule has 1 aliphatic heterocycles. The summed E-state index contributed by atoms with van der Waals surface area (Å²) in [4.78, 5) is 14.1. The smallest absolute Gasteiger partial charge is 0.263 e. The predicted molar refractivity (Wildman–Crippen MR) is 63.1 cm³/mol. The maximum Gasteiger partial charge on any atom is 0.263 e. The molecule has 2 heterocycles. The summed E-state index contributed by atoms with van der Waals surface area (Å²) in [6.45, 7) is 2.50. The van der Waals surface area contributed by atoms with Crippen LogP contribution in [0.4, 0.5) is 5.69 Å². The standard InChI is InChI=1S/C13H12N2O2/c1-9-11(8-17-14-9)13(16)15-7-6-10-4-2-3-5-12(10)15/h2-5,8H,6-7H2,1H3. The van der Waals surface area contributed by atoms with Crippen LogP contribution in [0.1, 0.15) is 21.6 Å². The molecule has 0 spiro atoms. The third kappa shape index (κ3) is 1.53. The van der Waals surface area contributed by atoms with Crippen molar-refractivity contribution in [3.8, 4) is 0 Å². The van der Waals surface area contributed by atoms with Crippen LogP contribution in [0, 0.1) is 6.92 Å². The Kier molecular flexibility index (Phi) is 2.21. The van der Waals surface area contributed by atoms with E-state index in [2.05, 4.69) is 11.2 Å². The summed E-state index contributed by atoms with van der Waals surface area (Å²) in [6, 6.07) is 7.98. The molecule has 0 fully saturated rings. The van der Waals surface area contributed by atoms with E-state index >= 15 is 0 Å². The monoisotopic (exact) mass is 228 g/mol. The van der Waals surface area contributed by atoms with Gasteiger partial charge in [-0.2, -0.15) is 0 Å². The summed E-state index contributed by atoms with van der Waals surface area (Å²) in [6.07, 6.45) is 2.32. The quantitative estimate of drug-likeness (QED) is 0.751. The number of para-hydroxylation sites is 1. The van der Waals surface area contributed by atoms with Gasteiger partial charge in [0.1, 0.15) is 11.8 Å². The molecular weight excluding hydrogens is 216 g/mol. The second kappa shape index (κ2) is 3.73. The molecule has 1 aromatic heterocycles. The van der Waals surface area contributed by atoms with Gasteiger partial charge in [0.15, 0.2) is 0 Å². The molecule has 0 aliphatic carbocycles. The number of carbonyl (C=O) groups excluding carboxylic acids is 1. The van der Waals surface area contributed by atoms with Crippen LogP contribution in [0.2, 0.25) is 0 Å². The molecule has 1 aliphatic rings. The van der Waals surface area contributed by atoms with Gasteiger partial charge in [-0.15, -0.1) is 0 Å². The Morgan fingerprint density at radius 3 is 3.00 bits per heavy atom. The van der Waals surface area contributed by atoms with Crippen molar-refractivity contribution in [1.82, 2.24) is 5.16 Å². The van der Waals surface area contributed by atoms with Crippen LogP contribution < -0.4 is 4.90 Å². The lowest BCUT2D eigenvalue weighted by Crippen LogP contribution is -2.29. The number of hydrogen-bond acceptors (Lipinski definition) is 3. The Balaban J connectivity index is 1.98. The Labute approximate surface area is 98.8 Å². The molecule has 2 aromatic rings. The fourth-order valence-corrected chi connectivity index (χ4v) is 2.19. The first-order valence-corrected chi connectivity index (χ1v) is 5.58. The van der Waals surface area contributed by atoms with E-state index in [0.717, 1.165) is 18.7 Å². The lowest BCUT2D eigenvalue weighted by Gasteiger charge is -2.16. The molecule has 0 radical (unpaired) electrons. The highest BCUT2D eigenvalue weighted by Gasteiger charge is 2.27. The molecule has 0 unspecified atom stereocenters. The van der Waals surface area contributed by atoms with Crippen LogP contribution in [-0.4, -0.2) is 17.6 Å². The van der Waals surface area contributed by atoms with E-state index in [0.29, 0.717) is 11.3 Å². The van der Waals surface area contributed by atoms with Crippen molar-refractivity contribution in [2.24, 2.45) is 0 Å². The van der Waals surface area contributed by atoms with Crippen molar-refractivity contribution in [2.75, 3.05) is 11.4 Å². The van der Waals surface area contributed by atoms with Gasteiger partial charge in [0.05, 0.1) is 5.69 Å². The lowest BCUT2D eigenvalue weighted by molar-refractivity contribution is 0.0988. The van der Waals surface area contributed by atoms with E-state index < -0.39 is 0 Å². The number of hydrogen-bond donors (Lipinski definition) is 0. The maximum absolute atomic E-state index is 12.3. The summed E-state index contributed by atoms with van der Waals surface area (Å²) in [7, 11) is 0. The van der Waals surface area contributed by atoms with Gasteiger partial charge in [0.2, 0.25) is 0 Å². The molecule has 1 amide bonds. The van der Waals surface area contributed by atoms with Gasteiger partial charge < -0.3 is 9.42 Å². The summed E-state index contributed by atoms with van der Waals surface area (Å²) in [5.41, 5.74) is 3.40. The number of anilines is 1. The fraction of sp³-hybridized carbons (Fsp3) is 0.231. The number of amides is 1. The van der Waals surface area contributed by atoms with Crippen molar-refractivity contribution in [3.63, 3.8) is 0 Å². The van der Waals surface area contributed by atoms with Crippen molar-refractivity contribution in [1.29, 1.82) is 0 Å². The van der Waals surface area contributed by atoms with E-state index in [1.54, 1.807) is 11.8 Å². The zero-order chi connectivity index (χ0) is 11.8. The summed E-state index contributed by atoms with van der Waals surface area (Å²) in [5.74, 6) is -0.0336. The average Bonchev–Trinajstić information content (AvgIpc) is 2.94. The topological polar surface area (TPSA) is 46.3 Å². The minimum absolute atomic E-state index is 0.0336. The Morgan fingerprint density at radius 1 is 1.41 bits per heavy atom. The van der Waals surface area contributed by atoms with Gasteiger partial charge in [-0.1, -0.05) is 23.4 Å². The SMILES string of the molecule is Cc1nocc1C(=O)N1CCc2ccccc21. The zero-order valence-corrected chi connectivity index (χ0v) is 9.51. The maximum atomic E-state index is 12.3. The van der Waals surface area contributed by atoms with E-state index in [1.165, 1.54) is 11.8 Å². The first-order chi connectivity index (χ1) is 8.27. The molecule has 0 N–H and O–H groups in total. The highest BCUT2D eigenvalue weighted by Crippen LogP contribution is 2.29. The molecular formula is C13H12N2O2. The average molecular weight is 228 g/mol. The summed E-state index contributed by atoms with van der Waals surface area (Å²) >= 11 is 0. The van der Waals surface area contributed by atoms with Crippen LogP contribution in [-0.2, 0) is 6.42 Å². The molecule has 3 rings (SSSR count). The highest BCUT2D eigenvalue weighted by atomic mass is 16.5. The number of fused-ring (bicyclic) bond motifs is 1. The molecule has 0 bridgehead atoms. The summed E-state index contributed by atoms with van der Waals surface area (Å²) in [5, 5.41) is 3.74. The second-order valence-electron chi connectivity index (χ2n) is 4.15. The van der Waals surface area contributed by atoms with E-state index in [4.69, 9.17) is 4.52 Å². The van der Waals surface area contributed by atoms with E-state index in [1.807, 2.05) is 18.2 Å². The predicted octanol–water partition coefficient (Wildman–Crippen LogP) is 2.19. The van der Waals surface area contributed by atoms with Crippen molar-refractivity contribution in [3.05, 3.63) is 47.3 Å².